The zero-order chi connectivity index (χ0) is 43.2. The summed E-state index contributed by atoms with van der Waals surface area (Å²) in [5, 5.41) is 4.87. The van der Waals surface area contributed by atoms with E-state index < -0.39 is 0 Å². The SMILES string of the molecule is CC(C)(C)c1ccc(N(c2ccc(C(C)(C)C)cc2)c2ccc3c(c2)B2c4c(cc5c(oc6ccccc65)c4N3c3ccccc3)-c3cccc4c5sc6ccccc6c5n2c34)cc1. The normalized spacial score (nSPS) is 13.4. The molecule has 5 heterocycles. The molecule has 13 rings (SSSR count). The highest BCUT2D eigenvalue weighted by molar-refractivity contribution is 7.27. The van der Waals surface area contributed by atoms with Crippen molar-refractivity contribution in [3.63, 3.8) is 0 Å². The van der Waals surface area contributed by atoms with Crippen molar-refractivity contribution in [2.24, 2.45) is 0 Å². The lowest BCUT2D eigenvalue weighted by atomic mass is 9.45. The molecule has 0 unspecified atom stereocenters. The molecule has 3 aromatic heterocycles. The number of para-hydroxylation sites is 3. The summed E-state index contributed by atoms with van der Waals surface area (Å²) < 4.78 is 12.4. The number of aromatic nitrogens is 1. The number of benzene rings is 8. The van der Waals surface area contributed by atoms with Gasteiger partial charge >= 0.3 is 6.85 Å². The van der Waals surface area contributed by atoms with Gasteiger partial charge in [0.25, 0.3) is 0 Å². The molecule has 4 nitrogen and oxygen atoms in total. The van der Waals surface area contributed by atoms with Crippen LogP contribution in [0.5, 0.6) is 0 Å². The molecule has 0 radical (unpaired) electrons. The van der Waals surface area contributed by atoms with Crippen LogP contribution in [0.25, 0.3) is 64.3 Å². The predicted octanol–water partition coefficient (Wildman–Crippen LogP) is 15.4. The Kier molecular flexibility index (Phi) is 7.78. The van der Waals surface area contributed by atoms with Crippen LogP contribution in [0.1, 0.15) is 52.7 Å². The van der Waals surface area contributed by atoms with Crippen molar-refractivity contribution in [2.75, 3.05) is 9.80 Å². The maximum absolute atomic E-state index is 7.06. The highest BCUT2D eigenvalue weighted by Gasteiger charge is 2.45. The van der Waals surface area contributed by atoms with Crippen molar-refractivity contribution in [1.82, 2.24) is 4.48 Å². The zero-order valence-electron chi connectivity index (χ0n) is 36.9. The van der Waals surface area contributed by atoms with Crippen molar-refractivity contribution in [2.45, 2.75) is 52.4 Å². The molecule has 0 aliphatic carbocycles. The summed E-state index contributed by atoms with van der Waals surface area (Å²) in [6, 6.07) is 63.3. The summed E-state index contributed by atoms with van der Waals surface area (Å²) >= 11 is 1.91. The quantitative estimate of drug-likeness (QED) is 0.165. The number of thiophene rings is 1. The summed E-state index contributed by atoms with van der Waals surface area (Å²) in [6.07, 6.45) is 0. The molecule has 0 spiro atoms. The third-order valence-corrected chi connectivity index (χ3v) is 15.1. The van der Waals surface area contributed by atoms with Crippen LogP contribution < -0.4 is 20.7 Å². The Morgan fingerprint density at radius 1 is 0.531 bits per heavy atom. The lowest BCUT2D eigenvalue weighted by molar-refractivity contribution is 0.590. The largest absolute Gasteiger partial charge is 0.454 e. The van der Waals surface area contributed by atoms with Gasteiger partial charge < -0.3 is 18.7 Å². The van der Waals surface area contributed by atoms with Crippen molar-refractivity contribution >= 4 is 116 Å². The van der Waals surface area contributed by atoms with E-state index in [-0.39, 0.29) is 17.7 Å². The lowest BCUT2D eigenvalue weighted by Gasteiger charge is -2.41. The van der Waals surface area contributed by atoms with Gasteiger partial charge in [-0.1, -0.05) is 139 Å². The number of anilines is 6. The van der Waals surface area contributed by atoms with E-state index in [1.54, 1.807) is 0 Å². The Balaban J connectivity index is 1.16. The first-order valence-electron chi connectivity index (χ1n) is 22.5. The fraction of sp³-hybridized carbons (Fsp3) is 0.138. The fourth-order valence-corrected chi connectivity index (χ4v) is 12.0. The highest BCUT2D eigenvalue weighted by atomic mass is 32.1. The molecule has 0 saturated carbocycles. The number of hydrogen-bond donors (Lipinski definition) is 0. The topological polar surface area (TPSA) is 24.6 Å². The van der Waals surface area contributed by atoms with Crippen LogP contribution in [0.3, 0.4) is 0 Å². The van der Waals surface area contributed by atoms with Gasteiger partial charge in [-0.25, -0.2) is 0 Å². The maximum atomic E-state index is 7.06. The molecule has 0 fully saturated rings. The van der Waals surface area contributed by atoms with E-state index in [1.807, 2.05) is 11.3 Å². The smallest absolute Gasteiger partial charge is 0.333 e. The van der Waals surface area contributed by atoms with Crippen molar-refractivity contribution in [1.29, 1.82) is 0 Å². The highest BCUT2D eigenvalue weighted by Crippen LogP contribution is 2.52. The monoisotopic (exact) mass is 843 g/mol. The molecular formula is C58H46BN3OS. The summed E-state index contributed by atoms with van der Waals surface area (Å²) in [5.74, 6) is 0. The summed E-state index contributed by atoms with van der Waals surface area (Å²) in [4.78, 5) is 4.93. The first-order valence-corrected chi connectivity index (χ1v) is 23.3. The van der Waals surface area contributed by atoms with E-state index in [9.17, 15) is 0 Å². The van der Waals surface area contributed by atoms with E-state index in [1.165, 1.54) is 64.4 Å². The minimum absolute atomic E-state index is 0.0390. The molecule has 0 atom stereocenters. The second-order valence-electron chi connectivity index (χ2n) is 19.8. The first kappa shape index (κ1) is 37.5. The third kappa shape index (κ3) is 5.29. The molecule has 0 amide bonds. The van der Waals surface area contributed by atoms with Crippen molar-refractivity contribution < 1.29 is 4.42 Å². The Morgan fingerprint density at radius 2 is 1.16 bits per heavy atom. The number of fused-ring (bicyclic) bond motifs is 13. The zero-order valence-corrected chi connectivity index (χ0v) is 37.7. The predicted molar refractivity (Wildman–Crippen MR) is 275 cm³/mol. The molecule has 308 valence electrons. The Labute approximate surface area is 377 Å². The lowest BCUT2D eigenvalue weighted by Crippen LogP contribution is -2.56. The Morgan fingerprint density at radius 3 is 1.86 bits per heavy atom. The van der Waals surface area contributed by atoms with Gasteiger partial charge in [-0.05, 0) is 111 Å². The van der Waals surface area contributed by atoms with Gasteiger partial charge in [0, 0.05) is 65.8 Å². The number of furan rings is 1. The standard InChI is InChI=1S/C58H46BN3OS/c1-57(2,3)35-23-27-38(28-24-35)60(39-29-25-36(26-30-39)58(4,5)6)40-31-32-48-47(33-40)59-51-45(42-19-14-20-44-52(42)62(59)53-43-18-11-13-22-50(43)64-56(44)53)34-46-41-17-10-12-21-49(41)63-55(46)54(51)61(48)37-15-8-7-9-16-37/h7-34H,1-6H3. The molecule has 0 saturated heterocycles. The number of nitrogens with zero attached hydrogens (tertiary/aromatic N) is 3. The van der Waals surface area contributed by atoms with E-state index >= 15 is 0 Å². The summed E-state index contributed by atoms with van der Waals surface area (Å²) in [5.41, 5.74) is 18.9. The van der Waals surface area contributed by atoms with Crippen LogP contribution in [-0.4, -0.2) is 11.3 Å². The van der Waals surface area contributed by atoms with E-state index in [4.69, 9.17) is 4.42 Å². The molecular weight excluding hydrogens is 798 g/mol. The van der Waals surface area contributed by atoms with Crippen LogP contribution in [0.2, 0.25) is 0 Å². The third-order valence-electron chi connectivity index (χ3n) is 13.9. The van der Waals surface area contributed by atoms with Gasteiger partial charge in [0.1, 0.15) is 5.58 Å². The summed E-state index contributed by atoms with van der Waals surface area (Å²) in [6.45, 7) is 13.6. The Bertz CT molecular complexity index is 3640. The van der Waals surface area contributed by atoms with Crippen LogP contribution >= 0.6 is 11.3 Å². The molecule has 64 heavy (non-hydrogen) atoms. The maximum Gasteiger partial charge on any atom is 0.333 e. The number of rotatable bonds is 4. The second kappa shape index (κ2) is 13.3. The average molecular weight is 844 g/mol. The fourth-order valence-electron chi connectivity index (χ4n) is 10.8. The summed E-state index contributed by atoms with van der Waals surface area (Å²) in [7, 11) is 0. The molecule has 0 bridgehead atoms. The first-order chi connectivity index (χ1) is 31.0. The molecule has 0 N–H and O–H groups in total. The Hall–Kier alpha value is -7.02. The number of hydrogen-bond acceptors (Lipinski definition) is 4. The van der Waals surface area contributed by atoms with E-state index in [2.05, 4.69) is 226 Å². The van der Waals surface area contributed by atoms with Crippen LogP contribution in [0.4, 0.5) is 34.1 Å². The van der Waals surface area contributed by atoms with E-state index in [0.717, 1.165) is 56.1 Å². The van der Waals surface area contributed by atoms with Gasteiger partial charge in [0.15, 0.2) is 5.58 Å². The van der Waals surface area contributed by atoms with Gasteiger partial charge in [-0.2, -0.15) is 0 Å². The van der Waals surface area contributed by atoms with Gasteiger partial charge in [-0.15, -0.1) is 11.3 Å². The second-order valence-corrected chi connectivity index (χ2v) is 20.8. The van der Waals surface area contributed by atoms with Crippen LogP contribution in [-0.2, 0) is 10.8 Å². The average Bonchev–Trinajstić information content (AvgIpc) is 3.97. The van der Waals surface area contributed by atoms with Crippen LogP contribution in [0, 0.1) is 0 Å². The van der Waals surface area contributed by atoms with Gasteiger partial charge in [0.05, 0.1) is 15.9 Å². The molecule has 11 aromatic rings. The minimum atomic E-state index is -0.154. The molecule has 8 aromatic carbocycles. The van der Waals surface area contributed by atoms with Gasteiger partial charge in [-0.3, -0.25) is 0 Å². The van der Waals surface area contributed by atoms with Crippen LogP contribution in [0.15, 0.2) is 174 Å². The minimum Gasteiger partial charge on any atom is -0.454 e. The van der Waals surface area contributed by atoms with Gasteiger partial charge in [0.2, 0.25) is 0 Å². The van der Waals surface area contributed by atoms with Crippen molar-refractivity contribution in [3.8, 4) is 11.1 Å². The molecule has 2 aliphatic heterocycles. The molecule has 2 aliphatic rings. The van der Waals surface area contributed by atoms with E-state index in [0.29, 0.717) is 0 Å². The van der Waals surface area contributed by atoms with Crippen molar-refractivity contribution in [3.05, 3.63) is 181 Å². The molecule has 6 heteroatoms.